The molecule has 0 spiro atoms. The molecule has 2 aromatic carbocycles. The Bertz CT molecular complexity index is 866. The number of nitrogens with zero attached hydrogens (tertiary/aromatic N) is 1. The zero-order valence-electron chi connectivity index (χ0n) is 13.1. The maximum absolute atomic E-state index is 11.8. The van der Waals surface area contributed by atoms with Crippen molar-refractivity contribution >= 4 is 16.7 Å². The SMILES string of the molecule is Cc1cc2oc(=O)cc(CN(C)c3ccccc3)c2cc1C. The van der Waals surface area contributed by atoms with Gasteiger partial charge in [0.2, 0.25) is 0 Å². The number of fused-ring (bicyclic) bond motifs is 1. The van der Waals surface area contributed by atoms with Gasteiger partial charge >= 0.3 is 5.63 Å². The summed E-state index contributed by atoms with van der Waals surface area (Å²) < 4.78 is 5.35. The molecule has 0 bridgehead atoms. The van der Waals surface area contributed by atoms with Crippen LogP contribution in [-0.2, 0) is 6.54 Å². The van der Waals surface area contributed by atoms with Crippen molar-refractivity contribution in [2.75, 3.05) is 11.9 Å². The number of benzene rings is 2. The van der Waals surface area contributed by atoms with Gasteiger partial charge in [-0.2, -0.15) is 0 Å². The Morgan fingerprint density at radius 3 is 2.41 bits per heavy atom. The van der Waals surface area contributed by atoms with Gasteiger partial charge in [-0.3, -0.25) is 0 Å². The monoisotopic (exact) mass is 293 g/mol. The Hall–Kier alpha value is -2.55. The molecule has 0 aliphatic heterocycles. The topological polar surface area (TPSA) is 33.5 Å². The van der Waals surface area contributed by atoms with Crippen LogP contribution in [0.15, 0.2) is 57.7 Å². The molecule has 1 aromatic heterocycles. The highest BCUT2D eigenvalue weighted by atomic mass is 16.4. The molecule has 0 saturated heterocycles. The third-order valence-corrected chi connectivity index (χ3v) is 4.05. The van der Waals surface area contributed by atoms with Crippen molar-refractivity contribution < 1.29 is 4.42 Å². The van der Waals surface area contributed by atoms with Crippen LogP contribution in [0.25, 0.3) is 11.0 Å². The summed E-state index contributed by atoms with van der Waals surface area (Å²) >= 11 is 0. The number of anilines is 1. The van der Waals surface area contributed by atoms with Crippen LogP contribution in [0.3, 0.4) is 0 Å². The minimum absolute atomic E-state index is 0.299. The first-order chi connectivity index (χ1) is 10.5. The van der Waals surface area contributed by atoms with E-state index in [1.54, 1.807) is 6.07 Å². The van der Waals surface area contributed by atoms with Crippen LogP contribution in [0, 0.1) is 13.8 Å². The zero-order chi connectivity index (χ0) is 15.7. The van der Waals surface area contributed by atoms with Crippen LogP contribution in [0.1, 0.15) is 16.7 Å². The van der Waals surface area contributed by atoms with E-state index in [0.29, 0.717) is 12.1 Å². The molecule has 3 heteroatoms. The van der Waals surface area contributed by atoms with Gasteiger partial charge in [0.05, 0.1) is 0 Å². The van der Waals surface area contributed by atoms with E-state index in [4.69, 9.17) is 4.42 Å². The molecule has 112 valence electrons. The van der Waals surface area contributed by atoms with Crippen molar-refractivity contribution in [2.24, 2.45) is 0 Å². The highest BCUT2D eigenvalue weighted by molar-refractivity contribution is 5.82. The van der Waals surface area contributed by atoms with Crippen molar-refractivity contribution in [3.63, 3.8) is 0 Å². The average molecular weight is 293 g/mol. The zero-order valence-corrected chi connectivity index (χ0v) is 13.1. The predicted octanol–water partition coefficient (Wildman–Crippen LogP) is 4.05. The molecule has 22 heavy (non-hydrogen) atoms. The predicted molar refractivity (Wildman–Crippen MR) is 90.5 cm³/mol. The highest BCUT2D eigenvalue weighted by Crippen LogP contribution is 2.23. The molecule has 0 radical (unpaired) electrons. The largest absolute Gasteiger partial charge is 0.423 e. The summed E-state index contributed by atoms with van der Waals surface area (Å²) in [5, 5.41) is 1.01. The standard InChI is InChI=1S/C19H19NO2/c1-13-9-17-15(11-19(21)22-18(17)10-14(13)2)12-20(3)16-7-5-4-6-8-16/h4-11H,12H2,1-3H3. The second kappa shape index (κ2) is 5.68. The molecule has 0 fully saturated rings. The van der Waals surface area contributed by atoms with Gasteiger partial charge in [-0.05, 0) is 54.8 Å². The lowest BCUT2D eigenvalue weighted by molar-refractivity contribution is 0.558. The fourth-order valence-electron chi connectivity index (χ4n) is 2.64. The van der Waals surface area contributed by atoms with Crippen LogP contribution >= 0.6 is 0 Å². The van der Waals surface area contributed by atoms with Crippen molar-refractivity contribution in [2.45, 2.75) is 20.4 Å². The molecular formula is C19H19NO2. The highest BCUT2D eigenvalue weighted by Gasteiger charge is 2.10. The van der Waals surface area contributed by atoms with E-state index >= 15 is 0 Å². The molecule has 0 atom stereocenters. The van der Waals surface area contributed by atoms with E-state index < -0.39 is 0 Å². The summed E-state index contributed by atoms with van der Waals surface area (Å²) in [6.07, 6.45) is 0. The second-order valence-electron chi connectivity index (χ2n) is 5.71. The van der Waals surface area contributed by atoms with Crippen molar-refractivity contribution in [1.29, 1.82) is 0 Å². The van der Waals surface area contributed by atoms with Gasteiger partial charge in [-0.25, -0.2) is 4.79 Å². The molecule has 0 saturated carbocycles. The Morgan fingerprint density at radius 1 is 1.00 bits per heavy atom. The molecule has 3 rings (SSSR count). The quantitative estimate of drug-likeness (QED) is 0.683. The number of hydrogen-bond donors (Lipinski definition) is 0. The second-order valence-corrected chi connectivity index (χ2v) is 5.71. The van der Waals surface area contributed by atoms with Gasteiger partial charge in [0.25, 0.3) is 0 Å². The van der Waals surface area contributed by atoms with Crippen molar-refractivity contribution in [3.8, 4) is 0 Å². The van der Waals surface area contributed by atoms with E-state index in [-0.39, 0.29) is 5.63 Å². The number of hydrogen-bond acceptors (Lipinski definition) is 3. The van der Waals surface area contributed by atoms with Gasteiger partial charge in [0.15, 0.2) is 0 Å². The number of rotatable bonds is 3. The van der Waals surface area contributed by atoms with Crippen LogP contribution in [0.5, 0.6) is 0 Å². The average Bonchev–Trinajstić information content (AvgIpc) is 2.50. The summed E-state index contributed by atoms with van der Waals surface area (Å²) in [6.45, 7) is 4.76. The molecule has 0 amide bonds. The van der Waals surface area contributed by atoms with E-state index in [2.05, 4.69) is 30.0 Å². The Labute approximate surface area is 129 Å². The molecule has 0 N–H and O–H groups in total. The van der Waals surface area contributed by atoms with Gasteiger partial charge in [-0.15, -0.1) is 0 Å². The lowest BCUT2D eigenvalue weighted by atomic mass is 10.0. The molecule has 0 unspecified atom stereocenters. The Balaban J connectivity index is 2.07. The first-order valence-corrected chi connectivity index (χ1v) is 7.35. The first kappa shape index (κ1) is 14.4. The smallest absolute Gasteiger partial charge is 0.336 e. The fraction of sp³-hybridized carbons (Fsp3) is 0.211. The third-order valence-electron chi connectivity index (χ3n) is 4.05. The van der Waals surface area contributed by atoms with Gasteiger partial charge in [-0.1, -0.05) is 18.2 Å². The Kier molecular flexibility index (Phi) is 3.72. The summed E-state index contributed by atoms with van der Waals surface area (Å²) in [6, 6.07) is 15.8. The fourth-order valence-corrected chi connectivity index (χ4v) is 2.64. The van der Waals surface area contributed by atoms with Crippen molar-refractivity contribution in [1.82, 2.24) is 0 Å². The van der Waals surface area contributed by atoms with Gasteiger partial charge in [0.1, 0.15) is 5.58 Å². The van der Waals surface area contributed by atoms with Gasteiger partial charge < -0.3 is 9.32 Å². The molecule has 3 nitrogen and oxygen atoms in total. The van der Waals surface area contributed by atoms with Crippen LogP contribution in [0.2, 0.25) is 0 Å². The lowest BCUT2D eigenvalue weighted by Gasteiger charge is -2.20. The summed E-state index contributed by atoms with van der Waals surface area (Å²) in [7, 11) is 2.02. The van der Waals surface area contributed by atoms with Crippen molar-refractivity contribution in [3.05, 3.63) is 75.6 Å². The lowest BCUT2D eigenvalue weighted by Crippen LogP contribution is -2.17. The first-order valence-electron chi connectivity index (χ1n) is 7.35. The minimum Gasteiger partial charge on any atom is -0.423 e. The van der Waals surface area contributed by atoms with E-state index in [9.17, 15) is 4.79 Å². The number of para-hydroxylation sites is 1. The summed E-state index contributed by atoms with van der Waals surface area (Å²) in [4.78, 5) is 14.0. The van der Waals surface area contributed by atoms with E-state index in [1.165, 1.54) is 5.56 Å². The van der Waals surface area contributed by atoms with Crippen LogP contribution in [-0.4, -0.2) is 7.05 Å². The summed E-state index contributed by atoms with van der Waals surface area (Å²) in [5.74, 6) is 0. The van der Waals surface area contributed by atoms with Gasteiger partial charge in [0, 0.05) is 30.7 Å². The van der Waals surface area contributed by atoms with E-state index in [0.717, 1.165) is 22.2 Å². The van der Waals surface area contributed by atoms with E-state index in [1.807, 2.05) is 38.2 Å². The third kappa shape index (κ3) is 2.75. The normalized spacial score (nSPS) is 10.9. The molecule has 0 aliphatic rings. The number of aryl methyl sites for hydroxylation is 2. The Morgan fingerprint density at radius 2 is 1.68 bits per heavy atom. The molecule has 0 aliphatic carbocycles. The summed E-state index contributed by atoms with van der Waals surface area (Å²) in [5.41, 5.74) is 4.79. The molecule has 3 aromatic rings. The maximum Gasteiger partial charge on any atom is 0.336 e. The van der Waals surface area contributed by atoms with Crippen LogP contribution in [0.4, 0.5) is 5.69 Å². The minimum atomic E-state index is -0.299. The molecule has 1 heterocycles. The molecular weight excluding hydrogens is 274 g/mol. The van der Waals surface area contributed by atoms with Crippen LogP contribution < -0.4 is 10.5 Å². The maximum atomic E-state index is 11.8.